The summed E-state index contributed by atoms with van der Waals surface area (Å²) in [4.78, 5) is 19.3. The normalized spacial score (nSPS) is 16.6. The number of aromatic nitrogens is 2. The number of nitrogens with zero attached hydrogens (tertiary/aromatic N) is 2. The van der Waals surface area contributed by atoms with E-state index in [0.717, 1.165) is 19.3 Å². The number of carboxylic acid groups (broad SMARTS) is 1. The largest absolute Gasteiger partial charge is 0.481 e. The summed E-state index contributed by atoms with van der Waals surface area (Å²) in [6, 6.07) is 1.71. The lowest BCUT2D eigenvalue weighted by atomic mass is 9.66. The van der Waals surface area contributed by atoms with Gasteiger partial charge < -0.3 is 15.2 Å². The number of hydrogen-bond acceptors (Lipinski definition) is 5. The molecule has 0 radical (unpaired) electrons. The second kappa shape index (κ2) is 6.07. The smallest absolute Gasteiger partial charge is 0.303 e. The summed E-state index contributed by atoms with van der Waals surface area (Å²) in [5.41, 5.74) is -0.149. The van der Waals surface area contributed by atoms with Gasteiger partial charge in [0, 0.05) is 18.8 Å². The summed E-state index contributed by atoms with van der Waals surface area (Å²) in [5, 5.41) is 12.1. The maximum atomic E-state index is 10.9. The number of carbonyl (C=O) groups is 1. The Morgan fingerprint density at radius 3 is 2.85 bits per heavy atom. The van der Waals surface area contributed by atoms with E-state index in [2.05, 4.69) is 15.3 Å². The molecule has 1 aromatic rings. The molecule has 2 N–H and O–H groups in total. The van der Waals surface area contributed by atoms with Crippen LogP contribution in [0.5, 0.6) is 5.88 Å². The van der Waals surface area contributed by atoms with Crippen molar-refractivity contribution in [2.24, 2.45) is 5.41 Å². The molecule has 0 saturated heterocycles. The van der Waals surface area contributed by atoms with E-state index in [1.807, 2.05) is 13.8 Å². The maximum absolute atomic E-state index is 10.9. The van der Waals surface area contributed by atoms with Gasteiger partial charge >= 0.3 is 5.97 Å². The zero-order chi connectivity index (χ0) is 14.6. The fraction of sp³-hybridized carbons (Fsp3) is 0.643. The Hall–Kier alpha value is -1.85. The van der Waals surface area contributed by atoms with E-state index in [1.54, 1.807) is 12.3 Å². The number of nitrogens with one attached hydrogen (secondary N) is 1. The van der Waals surface area contributed by atoms with Crippen LogP contribution in [0.3, 0.4) is 0 Å². The van der Waals surface area contributed by atoms with E-state index in [-0.39, 0.29) is 17.9 Å². The second-order valence-corrected chi connectivity index (χ2v) is 5.66. The predicted octanol–water partition coefficient (Wildman–Crippen LogP) is 2.32. The minimum absolute atomic E-state index is 0.0581. The van der Waals surface area contributed by atoms with Gasteiger partial charge in [0.15, 0.2) is 0 Å². The minimum atomic E-state index is -0.746. The first-order valence-electron chi connectivity index (χ1n) is 6.94. The van der Waals surface area contributed by atoms with Crippen LogP contribution in [0.25, 0.3) is 0 Å². The van der Waals surface area contributed by atoms with Crippen molar-refractivity contribution in [3.8, 4) is 5.88 Å². The predicted molar refractivity (Wildman–Crippen MR) is 74.8 cm³/mol. The molecular formula is C14H21N3O3. The molecular weight excluding hydrogens is 258 g/mol. The van der Waals surface area contributed by atoms with Crippen molar-refractivity contribution in [1.82, 2.24) is 9.97 Å². The molecule has 1 heterocycles. The van der Waals surface area contributed by atoms with E-state index in [0.29, 0.717) is 18.4 Å². The third-order valence-electron chi connectivity index (χ3n) is 3.55. The highest BCUT2D eigenvalue weighted by Gasteiger charge is 2.38. The topological polar surface area (TPSA) is 84.3 Å². The molecule has 20 heavy (non-hydrogen) atoms. The van der Waals surface area contributed by atoms with E-state index in [4.69, 9.17) is 9.84 Å². The zero-order valence-electron chi connectivity index (χ0n) is 11.9. The minimum Gasteiger partial charge on any atom is -0.481 e. The first-order chi connectivity index (χ1) is 9.49. The van der Waals surface area contributed by atoms with Gasteiger partial charge in [-0.1, -0.05) is 6.42 Å². The van der Waals surface area contributed by atoms with Gasteiger partial charge in [0.25, 0.3) is 0 Å². The zero-order valence-corrected chi connectivity index (χ0v) is 11.9. The van der Waals surface area contributed by atoms with Crippen LogP contribution >= 0.6 is 0 Å². The van der Waals surface area contributed by atoms with Crippen LogP contribution in [0, 0.1) is 5.41 Å². The number of ether oxygens (including phenoxy) is 1. The van der Waals surface area contributed by atoms with Crippen LogP contribution < -0.4 is 10.1 Å². The summed E-state index contributed by atoms with van der Waals surface area (Å²) in [7, 11) is 0. The van der Waals surface area contributed by atoms with Gasteiger partial charge in [-0.3, -0.25) is 4.79 Å². The molecule has 0 spiro atoms. The molecule has 0 unspecified atom stereocenters. The molecule has 6 nitrogen and oxygen atoms in total. The monoisotopic (exact) mass is 279 g/mol. The number of anilines is 1. The van der Waals surface area contributed by atoms with E-state index < -0.39 is 5.97 Å². The van der Waals surface area contributed by atoms with E-state index in [9.17, 15) is 4.79 Å². The van der Waals surface area contributed by atoms with Crippen molar-refractivity contribution in [3.05, 3.63) is 12.3 Å². The fourth-order valence-corrected chi connectivity index (χ4v) is 2.41. The third-order valence-corrected chi connectivity index (χ3v) is 3.55. The van der Waals surface area contributed by atoms with Crippen molar-refractivity contribution in [1.29, 1.82) is 0 Å². The van der Waals surface area contributed by atoms with Crippen molar-refractivity contribution in [2.45, 2.75) is 45.6 Å². The van der Waals surface area contributed by atoms with Crippen molar-refractivity contribution in [2.75, 3.05) is 11.9 Å². The van der Waals surface area contributed by atoms with Gasteiger partial charge in [-0.25, -0.2) is 4.98 Å². The summed E-state index contributed by atoms with van der Waals surface area (Å²) < 4.78 is 5.51. The molecule has 0 amide bonds. The van der Waals surface area contributed by atoms with E-state index in [1.165, 1.54) is 0 Å². The van der Waals surface area contributed by atoms with Crippen LogP contribution in [0.2, 0.25) is 0 Å². The standard InChI is InChI=1S/C14H21N3O3/c1-10(2)20-11-4-7-15-13(17-11)16-9-14(5-3-6-14)8-12(18)19/h4,7,10H,3,5-6,8-9H2,1-2H3,(H,18,19)(H,15,16,17). The van der Waals surface area contributed by atoms with Crippen LogP contribution in [0.4, 0.5) is 5.95 Å². The van der Waals surface area contributed by atoms with Crippen LogP contribution in [-0.2, 0) is 4.79 Å². The molecule has 1 aliphatic rings. The maximum Gasteiger partial charge on any atom is 0.303 e. The molecule has 6 heteroatoms. The van der Waals surface area contributed by atoms with Gasteiger partial charge in [-0.15, -0.1) is 0 Å². The Balaban J connectivity index is 1.94. The average molecular weight is 279 g/mol. The summed E-state index contributed by atoms with van der Waals surface area (Å²) in [6.07, 6.45) is 4.86. The van der Waals surface area contributed by atoms with Gasteiger partial charge in [0.2, 0.25) is 11.8 Å². The van der Waals surface area contributed by atoms with Crippen LogP contribution in [0.15, 0.2) is 12.3 Å². The van der Waals surface area contributed by atoms with Crippen LogP contribution in [0.1, 0.15) is 39.5 Å². The van der Waals surface area contributed by atoms with Gasteiger partial charge in [0.05, 0.1) is 12.5 Å². The molecule has 0 aliphatic heterocycles. The Bertz CT molecular complexity index is 472. The molecule has 0 aromatic carbocycles. The molecule has 0 atom stereocenters. The third kappa shape index (κ3) is 3.82. The number of rotatable bonds is 7. The fourth-order valence-electron chi connectivity index (χ4n) is 2.41. The number of carboxylic acids is 1. The molecule has 110 valence electrons. The molecule has 2 rings (SSSR count). The van der Waals surface area contributed by atoms with Crippen LogP contribution in [-0.4, -0.2) is 33.7 Å². The lowest BCUT2D eigenvalue weighted by molar-refractivity contribution is -0.141. The highest BCUT2D eigenvalue weighted by molar-refractivity contribution is 5.68. The molecule has 1 fully saturated rings. The van der Waals surface area contributed by atoms with Crippen molar-refractivity contribution >= 4 is 11.9 Å². The number of aliphatic carboxylic acids is 1. The lowest BCUT2D eigenvalue weighted by Crippen LogP contribution is -2.38. The number of hydrogen-bond donors (Lipinski definition) is 2. The van der Waals surface area contributed by atoms with Gasteiger partial charge in [-0.05, 0) is 32.1 Å². The highest BCUT2D eigenvalue weighted by Crippen LogP contribution is 2.43. The van der Waals surface area contributed by atoms with Gasteiger partial charge in [0.1, 0.15) is 0 Å². The molecule has 0 bridgehead atoms. The SMILES string of the molecule is CC(C)Oc1ccnc(NCC2(CC(=O)O)CCC2)n1. The average Bonchev–Trinajstić information content (AvgIpc) is 2.31. The summed E-state index contributed by atoms with van der Waals surface area (Å²) in [6.45, 7) is 4.46. The first-order valence-corrected chi connectivity index (χ1v) is 6.94. The Morgan fingerprint density at radius 1 is 1.55 bits per heavy atom. The first kappa shape index (κ1) is 14.6. The Morgan fingerprint density at radius 2 is 2.30 bits per heavy atom. The molecule has 1 aliphatic carbocycles. The van der Waals surface area contributed by atoms with Crippen molar-refractivity contribution < 1.29 is 14.6 Å². The molecule has 1 aromatic heterocycles. The highest BCUT2D eigenvalue weighted by atomic mass is 16.5. The summed E-state index contributed by atoms with van der Waals surface area (Å²) in [5.74, 6) is 0.266. The van der Waals surface area contributed by atoms with Gasteiger partial charge in [-0.2, -0.15) is 4.98 Å². The Labute approximate surface area is 118 Å². The summed E-state index contributed by atoms with van der Waals surface area (Å²) >= 11 is 0. The molecule has 1 saturated carbocycles. The quantitative estimate of drug-likeness (QED) is 0.797. The van der Waals surface area contributed by atoms with Crippen molar-refractivity contribution in [3.63, 3.8) is 0 Å². The lowest BCUT2D eigenvalue weighted by Gasteiger charge is -2.40. The second-order valence-electron chi connectivity index (χ2n) is 5.66. The van der Waals surface area contributed by atoms with E-state index >= 15 is 0 Å². The Kier molecular flexibility index (Phi) is 4.42.